The van der Waals surface area contributed by atoms with Gasteiger partial charge in [0, 0.05) is 19.2 Å². The average Bonchev–Trinajstić information content (AvgIpc) is 3.21. The van der Waals surface area contributed by atoms with E-state index in [9.17, 15) is 13.6 Å². The van der Waals surface area contributed by atoms with Gasteiger partial charge in [0.15, 0.2) is 11.6 Å². The van der Waals surface area contributed by atoms with Crippen molar-refractivity contribution < 1.29 is 27.8 Å². The van der Waals surface area contributed by atoms with Crippen LogP contribution in [0.1, 0.15) is 31.9 Å². The molecule has 2 fully saturated rings. The first-order valence-electron chi connectivity index (χ1n) is 11.0. The van der Waals surface area contributed by atoms with Crippen LogP contribution in [-0.4, -0.2) is 57.0 Å². The second-order valence-electron chi connectivity index (χ2n) is 7.64. The van der Waals surface area contributed by atoms with Crippen molar-refractivity contribution in [2.45, 2.75) is 44.8 Å². The number of nitrogens with zero attached hydrogens (tertiary/aromatic N) is 1. The number of rotatable bonds is 6. The average molecular weight is 466 g/mol. The highest BCUT2D eigenvalue weighted by molar-refractivity contribution is 5.94. The number of anilines is 1. The Labute approximate surface area is 193 Å². The van der Waals surface area contributed by atoms with Gasteiger partial charge in [0.2, 0.25) is 5.82 Å². The van der Waals surface area contributed by atoms with E-state index in [4.69, 9.17) is 9.47 Å². The van der Waals surface area contributed by atoms with Gasteiger partial charge >= 0.3 is 0 Å². The summed E-state index contributed by atoms with van der Waals surface area (Å²) < 4.78 is 39.8. The first-order valence-corrected chi connectivity index (χ1v) is 11.0. The first kappa shape index (κ1) is 26.6. The Morgan fingerprint density at radius 3 is 2.42 bits per heavy atom. The molecule has 2 aliphatic heterocycles. The Balaban J connectivity index is 0.000000227. The maximum Gasteiger partial charge on any atom is 0.253 e. The van der Waals surface area contributed by atoms with E-state index >= 15 is 0 Å². The topological polar surface area (TPSA) is 81.7 Å². The normalized spacial score (nSPS) is 18.7. The van der Waals surface area contributed by atoms with Crippen LogP contribution in [0.5, 0.6) is 5.75 Å². The maximum atomic E-state index is 12.5. The third kappa shape index (κ3) is 9.41. The lowest BCUT2D eigenvalue weighted by molar-refractivity contribution is -0.126. The zero-order valence-corrected chi connectivity index (χ0v) is 19.4. The molecule has 1 aromatic carbocycles. The van der Waals surface area contributed by atoms with Crippen molar-refractivity contribution in [3.8, 4) is 5.75 Å². The van der Waals surface area contributed by atoms with Gasteiger partial charge in [0.05, 0.1) is 31.7 Å². The Bertz CT molecular complexity index is 844. The number of hydrogen-bond donors (Lipinski definition) is 2. The van der Waals surface area contributed by atoms with E-state index in [1.54, 1.807) is 13.3 Å². The monoisotopic (exact) mass is 465 g/mol. The van der Waals surface area contributed by atoms with E-state index in [1.807, 2.05) is 19.1 Å². The molecule has 2 unspecified atom stereocenters. The predicted molar refractivity (Wildman–Crippen MR) is 122 cm³/mol. The summed E-state index contributed by atoms with van der Waals surface area (Å²) in [6, 6.07) is 7.54. The second kappa shape index (κ2) is 14.5. The molecular weight excluding hydrogens is 432 g/mol. The quantitative estimate of drug-likeness (QED) is 0.677. The molecule has 182 valence electrons. The Morgan fingerprint density at radius 2 is 1.94 bits per heavy atom. The Kier molecular flexibility index (Phi) is 11.7. The van der Waals surface area contributed by atoms with E-state index in [1.165, 1.54) is 38.8 Å². The first-order chi connectivity index (χ1) is 15.9. The van der Waals surface area contributed by atoms with Gasteiger partial charge in [0.25, 0.3) is 5.91 Å². The number of pyridine rings is 1. The van der Waals surface area contributed by atoms with E-state index in [0.29, 0.717) is 12.3 Å². The molecule has 9 heteroatoms. The summed E-state index contributed by atoms with van der Waals surface area (Å²) in [5.41, 5.74) is 1.65. The molecule has 0 bridgehead atoms. The molecule has 33 heavy (non-hydrogen) atoms. The van der Waals surface area contributed by atoms with Gasteiger partial charge in [-0.2, -0.15) is 4.39 Å². The van der Waals surface area contributed by atoms with E-state index < -0.39 is 11.6 Å². The summed E-state index contributed by atoms with van der Waals surface area (Å²) in [5.74, 6) is -1.99. The molecule has 2 aliphatic rings. The van der Waals surface area contributed by atoms with Crippen molar-refractivity contribution >= 4 is 11.6 Å². The fraction of sp³-hybridized carbons (Fsp3) is 0.500. The van der Waals surface area contributed by atoms with Crippen LogP contribution in [0.4, 0.5) is 14.5 Å². The van der Waals surface area contributed by atoms with Crippen LogP contribution >= 0.6 is 0 Å². The van der Waals surface area contributed by atoms with Crippen molar-refractivity contribution in [1.82, 2.24) is 10.3 Å². The molecule has 3 heterocycles. The molecule has 4 rings (SSSR count). The summed E-state index contributed by atoms with van der Waals surface area (Å²) in [4.78, 5) is 16.2. The fourth-order valence-corrected chi connectivity index (χ4v) is 2.89. The SMILES string of the molecule is C1CNC1.COCCc1ccc(NC(=O)C2CCC(C)O2)cn1.COc1cccc(F)c1F. The summed E-state index contributed by atoms with van der Waals surface area (Å²) >= 11 is 0. The highest BCUT2D eigenvalue weighted by atomic mass is 19.2. The molecule has 1 aromatic heterocycles. The molecular formula is C24H33F2N3O4. The van der Waals surface area contributed by atoms with Crippen LogP contribution in [0.2, 0.25) is 0 Å². The highest BCUT2D eigenvalue weighted by Gasteiger charge is 2.28. The Hall–Kier alpha value is -2.62. The van der Waals surface area contributed by atoms with Gasteiger partial charge in [-0.05, 0) is 63.5 Å². The maximum absolute atomic E-state index is 12.5. The molecule has 0 saturated carbocycles. The zero-order chi connectivity index (χ0) is 24.1. The molecule has 0 radical (unpaired) electrons. The predicted octanol–water partition coefficient (Wildman–Crippen LogP) is 3.73. The van der Waals surface area contributed by atoms with Crippen LogP contribution in [0.25, 0.3) is 0 Å². The van der Waals surface area contributed by atoms with Crippen LogP contribution in [-0.2, 0) is 20.7 Å². The number of nitrogens with one attached hydrogen (secondary N) is 2. The molecule has 2 saturated heterocycles. The Morgan fingerprint density at radius 1 is 1.21 bits per heavy atom. The van der Waals surface area contributed by atoms with Gasteiger partial charge in [-0.3, -0.25) is 9.78 Å². The fourth-order valence-electron chi connectivity index (χ4n) is 2.89. The smallest absolute Gasteiger partial charge is 0.253 e. The van der Waals surface area contributed by atoms with Gasteiger partial charge in [-0.25, -0.2) is 4.39 Å². The van der Waals surface area contributed by atoms with Crippen LogP contribution in [0.3, 0.4) is 0 Å². The van der Waals surface area contributed by atoms with Crippen molar-refractivity contribution in [2.75, 3.05) is 39.2 Å². The van der Waals surface area contributed by atoms with E-state index in [-0.39, 0.29) is 23.9 Å². The minimum Gasteiger partial charge on any atom is -0.494 e. The molecule has 0 spiro atoms. The number of hydrogen-bond acceptors (Lipinski definition) is 6. The van der Waals surface area contributed by atoms with E-state index in [0.717, 1.165) is 31.0 Å². The lowest BCUT2D eigenvalue weighted by Crippen LogP contribution is -2.29. The largest absolute Gasteiger partial charge is 0.494 e. The molecule has 1 amide bonds. The zero-order valence-electron chi connectivity index (χ0n) is 19.4. The van der Waals surface area contributed by atoms with Gasteiger partial charge in [-0.1, -0.05) is 6.07 Å². The lowest BCUT2D eigenvalue weighted by atomic mass is 10.2. The summed E-state index contributed by atoms with van der Waals surface area (Å²) in [7, 11) is 2.95. The van der Waals surface area contributed by atoms with Crippen molar-refractivity contribution in [3.63, 3.8) is 0 Å². The number of halogens is 2. The number of ether oxygens (including phenoxy) is 3. The molecule has 2 aromatic rings. The standard InChI is InChI=1S/C14H20N2O3.C7H6F2O.C3H7N/c1-10-3-6-13(19-10)14(17)16-12-5-4-11(15-9-12)7-8-18-2;1-10-6-4-2-3-5(8)7(6)9;1-2-4-3-1/h4-5,9-10,13H,3,6-8H2,1-2H3,(H,16,17);2-4H,1H3;4H,1-3H2. The summed E-state index contributed by atoms with van der Waals surface area (Å²) in [5, 5.41) is 5.94. The number of methoxy groups -OCH3 is 2. The molecule has 7 nitrogen and oxygen atoms in total. The van der Waals surface area contributed by atoms with Gasteiger partial charge < -0.3 is 24.8 Å². The number of amides is 1. The third-order valence-electron chi connectivity index (χ3n) is 5.02. The molecule has 2 atom stereocenters. The van der Waals surface area contributed by atoms with E-state index in [2.05, 4.69) is 20.4 Å². The van der Waals surface area contributed by atoms with Gasteiger partial charge in [0.1, 0.15) is 6.10 Å². The van der Waals surface area contributed by atoms with Crippen LogP contribution < -0.4 is 15.4 Å². The number of carbonyl (C=O) groups is 1. The minimum atomic E-state index is -0.940. The van der Waals surface area contributed by atoms with Crippen LogP contribution in [0, 0.1) is 11.6 Å². The van der Waals surface area contributed by atoms with Crippen LogP contribution in [0.15, 0.2) is 36.5 Å². The van der Waals surface area contributed by atoms with Gasteiger partial charge in [-0.15, -0.1) is 0 Å². The van der Waals surface area contributed by atoms with Crippen molar-refractivity contribution in [2.24, 2.45) is 0 Å². The summed E-state index contributed by atoms with van der Waals surface area (Å²) in [6.07, 6.45) is 5.39. The minimum absolute atomic E-state index is 0.0694. The third-order valence-corrected chi connectivity index (χ3v) is 5.02. The van der Waals surface area contributed by atoms with Crippen molar-refractivity contribution in [3.05, 3.63) is 53.9 Å². The second-order valence-corrected chi connectivity index (χ2v) is 7.64. The highest BCUT2D eigenvalue weighted by Crippen LogP contribution is 2.20. The van der Waals surface area contributed by atoms with Crippen molar-refractivity contribution in [1.29, 1.82) is 0 Å². The number of aromatic nitrogens is 1. The summed E-state index contributed by atoms with van der Waals surface area (Å²) in [6.45, 7) is 5.13. The number of carbonyl (C=O) groups excluding carboxylic acids is 1. The lowest BCUT2D eigenvalue weighted by Gasteiger charge is -2.11. The molecule has 0 aliphatic carbocycles. The molecule has 2 N–H and O–H groups in total. The number of benzene rings is 1.